The smallest absolute Gasteiger partial charge is 0.134 e. The Morgan fingerprint density at radius 1 is 1.35 bits per heavy atom. The molecular weight excluding hydrogens is 214 g/mol. The van der Waals surface area contributed by atoms with Crippen LogP contribution >= 0.6 is 0 Å². The van der Waals surface area contributed by atoms with Crippen LogP contribution in [0.5, 0.6) is 0 Å². The van der Waals surface area contributed by atoms with Crippen molar-refractivity contribution in [1.29, 1.82) is 0 Å². The van der Waals surface area contributed by atoms with E-state index in [-0.39, 0.29) is 18.2 Å². The SMILES string of the molecule is CCC(N)C(OC(C)CC(C)C)c1ccco1. The van der Waals surface area contributed by atoms with Crippen LogP contribution in [0.4, 0.5) is 0 Å². The molecule has 17 heavy (non-hydrogen) atoms. The van der Waals surface area contributed by atoms with E-state index in [0.29, 0.717) is 5.92 Å². The Morgan fingerprint density at radius 2 is 2.06 bits per heavy atom. The third-order valence-electron chi connectivity index (χ3n) is 2.87. The highest BCUT2D eigenvalue weighted by Crippen LogP contribution is 2.25. The lowest BCUT2D eigenvalue weighted by atomic mass is 10.0. The fraction of sp³-hybridized carbons (Fsp3) is 0.714. The van der Waals surface area contributed by atoms with Gasteiger partial charge in [0.15, 0.2) is 0 Å². The van der Waals surface area contributed by atoms with Gasteiger partial charge in [0.05, 0.1) is 12.4 Å². The maximum atomic E-state index is 6.10. The summed E-state index contributed by atoms with van der Waals surface area (Å²) in [7, 11) is 0. The predicted octanol–water partition coefficient (Wildman–Crippen LogP) is 3.51. The molecule has 1 rings (SSSR count). The summed E-state index contributed by atoms with van der Waals surface area (Å²) < 4.78 is 11.5. The summed E-state index contributed by atoms with van der Waals surface area (Å²) in [6.07, 6.45) is 3.64. The van der Waals surface area contributed by atoms with E-state index in [2.05, 4.69) is 27.7 Å². The normalized spacial score (nSPS) is 17.1. The van der Waals surface area contributed by atoms with Crippen molar-refractivity contribution in [3.05, 3.63) is 24.2 Å². The van der Waals surface area contributed by atoms with E-state index in [0.717, 1.165) is 18.6 Å². The summed E-state index contributed by atoms with van der Waals surface area (Å²) in [4.78, 5) is 0. The predicted molar refractivity (Wildman–Crippen MR) is 69.7 cm³/mol. The standard InChI is InChI=1S/C14H25NO2/c1-5-12(15)14(13-7-6-8-16-13)17-11(4)9-10(2)3/h6-8,10-12,14H,5,9,15H2,1-4H3. The Hall–Kier alpha value is -0.800. The van der Waals surface area contributed by atoms with Gasteiger partial charge in [-0.25, -0.2) is 0 Å². The third-order valence-corrected chi connectivity index (χ3v) is 2.87. The Kier molecular flexibility index (Phi) is 5.72. The molecular formula is C14H25NO2. The van der Waals surface area contributed by atoms with E-state index in [4.69, 9.17) is 14.9 Å². The molecule has 2 N–H and O–H groups in total. The largest absolute Gasteiger partial charge is 0.467 e. The number of nitrogens with two attached hydrogens (primary N) is 1. The Bertz CT molecular complexity index is 295. The van der Waals surface area contributed by atoms with Crippen molar-refractivity contribution in [3.63, 3.8) is 0 Å². The van der Waals surface area contributed by atoms with Gasteiger partial charge in [-0.05, 0) is 37.8 Å². The second kappa shape index (κ2) is 6.82. The van der Waals surface area contributed by atoms with Crippen LogP contribution in [0.2, 0.25) is 0 Å². The highest BCUT2D eigenvalue weighted by molar-refractivity contribution is 5.05. The van der Waals surface area contributed by atoms with Crippen molar-refractivity contribution in [2.24, 2.45) is 11.7 Å². The first-order chi connectivity index (χ1) is 8.04. The molecule has 0 spiro atoms. The van der Waals surface area contributed by atoms with Crippen LogP contribution in [0, 0.1) is 5.92 Å². The molecule has 0 radical (unpaired) electrons. The first-order valence-electron chi connectivity index (χ1n) is 6.49. The van der Waals surface area contributed by atoms with Gasteiger partial charge >= 0.3 is 0 Å². The van der Waals surface area contributed by atoms with Crippen molar-refractivity contribution >= 4 is 0 Å². The summed E-state index contributed by atoms with van der Waals surface area (Å²) in [5, 5.41) is 0. The molecule has 1 heterocycles. The van der Waals surface area contributed by atoms with E-state index in [1.165, 1.54) is 0 Å². The molecule has 0 fully saturated rings. The van der Waals surface area contributed by atoms with Crippen LogP contribution in [0.1, 0.15) is 52.4 Å². The second-order valence-corrected chi connectivity index (χ2v) is 5.08. The van der Waals surface area contributed by atoms with Gasteiger partial charge in [0.2, 0.25) is 0 Å². The maximum Gasteiger partial charge on any atom is 0.134 e. The zero-order chi connectivity index (χ0) is 12.8. The first-order valence-corrected chi connectivity index (χ1v) is 6.49. The van der Waals surface area contributed by atoms with Crippen LogP contribution in [-0.2, 0) is 4.74 Å². The van der Waals surface area contributed by atoms with Crippen LogP contribution in [-0.4, -0.2) is 12.1 Å². The lowest BCUT2D eigenvalue weighted by Crippen LogP contribution is -2.31. The molecule has 1 aromatic rings. The summed E-state index contributed by atoms with van der Waals surface area (Å²) >= 11 is 0. The number of rotatable bonds is 7. The van der Waals surface area contributed by atoms with Gasteiger partial charge in [-0.3, -0.25) is 0 Å². The molecule has 1 aromatic heterocycles. The summed E-state index contributed by atoms with van der Waals surface area (Å²) in [5.41, 5.74) is 6.10. The van der Waals surface area contributed by atoms with Gasteiger partial charge in [-0.2, -0.15) is 0 Å². The lowest BCUT2D eigenvalue weighted by molar-refractivity contribution is -0.0375. The van der Waals surface area contributed by atoms with Crippen LogP contribution < -0.4 is 5.73 Å². The fourth-order valence-corrected chi connectivity index (χ4v) is 2.02. The highest BCUT2D eigenvalue weighted by Gasteiger charge is 2.24. The molecule has 98 valence electrons. The summed E-state index contributed by atoms with van der Waals surface area (Å²) in [6, 6.07) is 3.79. The second-order valence-electron chi connectivity index (χ2n) is 5.08. The third kappa shape index (κ3) is 4.52. The van der Waals surface area contributed by atoms with E-state index in [1.54, 1.807) is 6.26 Å². The average Bonchev–Trinajstić information content (AvgIpc) is 2.77. The Balaban J connectivity index is 2.65. The minimum atomic E-state index is -0.135. The molecule has 0 aliphatic heterocycles. The van der Waals surface area contributed by atoms with Gasteiger partial charge in [0.25, 0.3) is 0 Å². The molecule has 0 amide bonds. The highest BCUT2D eigenvalue weighted by atomic mass is 16.5. The number of ether oxygens (including phenoxy) is 1. The van der Waals surface area contributed by atoms with Crippen LogP contribution in [0.25, 0.3) is 0 Å². The Labute approximate surface area is 104 Å². The topological polar surface area (TPSA) is 48.4 Å². The van der Waals surface area contributed by atoms with Gasteiger partial charge in [0.1, 0.15) is 11.9 Å². The van der Waals surface area contributed by atoms with E-state index in [9.17, 15) is 0 Å². The molecule has 0 saturated heterocycles. The van der Waals surface area contributed by atoms with Crippen molar-refractivity contribution in [2.75, 3.05) is 0 Å². The monoisotopic (exact) mass is 239 g/mol. The molecule has 3 unspecified atom stereocenters. The quantitative estimate of drug-likeness (QED) is 0.792. The van der Waals surface area contributed by atoms with Gasteiger partial charge < -0.3 is 14.9 Å². The summed E-state index contributed by atoms with van der Waals surface area (Å²) in [6.45, 7) is 8.55. The molecule has 0 aliphatic carbocycles. The zero-order valence-corrected chi connectivity index (χ0v) is 11.3. The minimum absolute atomic E-state index is 0.0178. The number of furan rings is 1. The number of hydrogen-bond acceptors (Lipinski definition) is 3. The first kappa shape index (κ1) is 14.3. The molecule has 3 heteroatoms. The van der Waals surface area contributed by atoms with Crippen molar-refractivity contribution < 1.29 is 9.15 Å². The van der Waals surface area contributed by atoms with E-state index in [1.807, 2.05) is 12.1 Å². The maximum absolute atomic E-state index is 6.10. The summed E-state index contributed by atoms with van der Waals surface area (Å²) in [5.74, 6) is 1.45. The molecule has 0 bridgehead atoms. The average molecular weight is 239 g/mol. The lowest BCUT2D eigenvalue weighted by Gasteiger charge is -2.26. The van der Waals surface area contributed by atoms with Crippen molar-refractivity contribution in [2.45, 2.75) is 58.8 Å². The van der Waals surface area contributed by atoms with Crippen LogP contribution in [0.15, 0.2) is 22.8 Å². The molecule has 3 nitrogen and oxygen atoms in total. The molecule has 0 saturated carbocycles. The number of hydrogen-bond donors (Lipinski definition) is 1. The van der Waals surface area contributed by atoms with Crippen molar-refractivity contribution in [3.8, 4) is 0 Å². The van der Waals surface area contributed by atoms with Crippen molar-refractivity contribution in [1.82, 2.24) is 0 Å². The van der Waals surface area contributed by atoms with Gasteiger partial charge in [-0.15, -0.1) is 0 Å². The van der Waals surface area contributed by atoms with Gasteiger partial charge in [0, 0.05) is 6.04 Å². The molecule has 3 atom stereocenters. The Morgan fingerprint density at radius 3 is 2.53 bits per heavy atom. The van der Waals surface area contributed by atoms with E-state index >= 15 is 0 Å². The van der Waals surface area contributed by atoms with Gasteiger partial charge in [-0.1, -0.05) is 20.8 Å². The molecule has 0 aliphatic rings. The fourth-order valence-electron chi connectivity index (χ4n) is 2.02. The molecule has 0 aromatic carbocycles. The van der Waals surface area contributed by atoms with Crippen LogP contribution in [0.3, 0.4) is 0 Å². The minimum Gasteiger partial charge on any atom is -0.467 e. The zero-order valence-electron chi connectivity index (χ0n) is 11.3. The van der Waals surface area contributed by atoms with E-state index < -0.39 is 0 Å².